The molecule has 3 rings (SSSR count). The molecular weight excluding hydrogens is 304 g/mol. The van der Waals surface area contributed by atoms with Gasteiger partial charge in [-0.25, -0.2) is 0 Å². The summed E-state index contributed by atoms with van der Waals surface area (Å²) in [6.07, 6.45) is 1.45. The van der Waals surface area contributed by atoms with Gasteiger partial charge in [0.1, 0.15) is 0 Å². The molecule has 6 nitrogen and oxygen atoms in total. The minimum absolute atomic E-state index is 0.116. The molecule has 24 heavy (non-hydrogen) atoms. The van der Waals surface area contributed by atoms with Crippen LogP contribution in [0.5, 0.6) is 0 Å². The third-order valence-electron chi connectivity index (χ3n) is 4.60. The van der Waals surface area contributed by atoms with Gasteiger partial charge in [-0.15, -0.1) is 10.2 Å². The third-order valence-corrected chi connectivity index (χ3v) is 4.60. The lowest BCUT2D eigenvalue weighted by atomic mass is 9.93. The van der Waals surface area contributed by atoms with Gasteiger partial charge in [0.25, 0.3) is 0 Å². The van der Waals surface area contributed by atoms with E-state index in [4.69, 9.17) is 4.42 Å². The molecule has 0 saturated heterocycles. The zero-order valence-electron chi connectivity index (χ0n) is 14.5. The number of amides is 1. The molecule has 6 heteroatoms. The molecule has 0 saturated carbocycles. The first-order chi connectivity index (χ1) is 11.6. The number of benzene rings is 1. The molecule has 0 radical (unpaired) electrons. The number of carbonyl (C=O) groups excluding carboxylic acids is 1. The van der Waals surface area contributed by atoms with Gasteiger partial charge in [0.15, 0.2) is 0 Å². The Labute approximate surface area is 142 Å². The predicted octanol–water partition coefficient (Wildman–Crippen LogP) is 2.04. The van der Waals surface area contributed by atoms with Gasteiger partial charge < -0.3 is 9.32 Å². The van der Waals surface area contributed by atoms with Crippen molar-refractivity contribution in [3.63, 3.8) is 0 Å². The molecule has 1 aromatic heterocycles. The van der Waals surface area contributed by atoms with Gasteiger partial charge in [0.2, 0.25) is 17.7 Å². The molecule has 0 N–H and O–H groups in total. The maximum atomic E-state index is 13.0. The molecule has 128 valence electrons. The summed E-state index contributed by atoms with van der Waals surface area (Å²) < 4.78 is 5.56. The van der Waals surface area contributed by atoms with Gasteiger partial charge in [-0.1, -0.05) is 31.2 Å². The smallest absolute Gasteiger partial charge is 0.240 e. The number of hydrogen-bond acceptors (Lipinski definition) is 5. The van der Waals surface area contributed by atoms with Crippen LogP contribution in [-0.4, -0.2) is 45.5 Å². The summed E-state index contributed by atoms with van der Waals surface area (Å²) in [5.41, 5.74) is 2.56. The van der Waals surface area contributed by atoms with Crippen molar-refractivity contribution >= 4 is 5.91 Å². The van der Waals surface area contributed by atoms with Gasteiger partial charge in [0.05, 0.1) is 12.6 Å². The van der Waals surface area contributed by atoms with E-state index in [0.717, 1.165) is 13.0 Å². The maximum Gasteiger partial charge on any atom is 0.240 e. The van der Waals surface area contributed by atoms with Gasteiger partial charge >= 0.3 is 0 Å². The first kappa shape index (κ1) is 16.6. The lowest BCUT2D eigenvalue weighted by molar-refractivity contribution is -0.137. The fourth-order valence-electron chi connectivity index (χ4n) is 3.14. The van der Waals surface area contributed by atoms with Crippen LogP contribution in [-0.2, 0) is 30.7 Å². The average molecular weight is 328 g/mol. The first-order valence-corrected chi connectivity index (χ1v) is 8.49. The van der Waals surface area contributed by atoms with Crippen LogP contribution in [0.2, 0.25) is 0 Å². The van der Waals surface area contributed by atoms with Crippen LogP contribution < -0.4 is 0 Å². The number of likely N-dealkylation sites (N-methyl/N-ethyl adjacent to an activating group) is 2. The van der Waals surface area contributed by atoms with Crippen LogP contribution in [0.1, 0.15) is 36.8 Å². The van der Waals surface area contributed by atoms with E-state index in [2.05, 4.69) is 27.2 Å². The lowest BCUT2D eigenvalue weighted by Crippen LogP contribution is -2.49. The van der Waals surface area contributed by atoms with Crippen molar-refractivity contribution in [1.29, 1.82) is 0 Å². The number of hydrogen-bond donors (Lipinski definition) is 0. The summed E-state index contributed by atoms with van der Waals surface area (Å²) in [6.45, 7) is 5.73. The van der Waals surface area contributed by atoms with Crippen molar-refractivity contribution in [2.45, 2.75) is 45.8 Å². The summed E-state index contributed by atoms with van der Waals surface area (Å²) in [5.74, 6) is 1.23. The van der Waals surface area contributed by atoms with Gasteiger partial charge in [0, 0.05) is 19.5 Å². The molecule has 2 aromatic rings. The summed E-state index contributed by atoms with van der Waals surface area (Å²) in [4.78, 5) is 16.9. The largest absolute Gasteiger partial charge is 0.423 e. The van der Waals surface area contributed by atoms with E-state index < -0.39 is 0 Å². The molecule has 1 aliphatic heterocycles. The Bertz CT molecular complexity index is 713. The number of carbonyl (C=O) groups is 1. The zero-order chi connectivity index (χ0) is 17.1. The first-order valence-electron chi connectivity index (χ1n) is 8.49. The van der Waals surface area contributed by atoms with Crippen molar-refractivity contribution in [3.05, 3.63) is 47.2 Å². The quantitative estimate of drug-likeness (QED) is 0.840. The van der Waals surface area contributed by atoms with Crippen molar-refractivity contribution in [3.8, 4) is 0 Å². The number of fused-ring (bicyclic) bond motifs is 1. The van der Waals surface area contributed by atoms with E-state index in [9.17, 15) is 4.79 Å². The summed E-state index contributed by atoms with van der Waals surface area (Å²) >= 11 is 0. The second-order valence-corrected chi connectivity index (χ2v) is 6.20. The Hall–Kier alpha value is -2.21. The Kier molecular flexibility index (Phi) is 4.94. The molecule has 2 heterocycles. The van der Waals surface area contributed by atoms with E-state index >= 15 is 0 Å². The molecule has 1 amide bonds. The Morgan fingerprint density at radius 2 is 1.96 bits per heavy atom. The highest BCUT2D eigenvalue weighted by Crippen LogP contribution is 2.23. The van der Waals surface area contributed by atoms with Gasteiger partial charge in [-0.2, -0.15) is 0 Å². The topological polar surface area (TPSA) is 62.5 Å². The molecule has 0 fully saturated rings. The van der Waals surface area contributed by atoms with Crippen LogP contribution in [0, 0.1) is 0 Å². The lowest BCUT2D eigenvalue weighted by Gasteiger charge is -2.35. The number of aryl methyl sites for hydroxylation is 1. The number of aromatic nitrogens is 2. The van der Waals surface area contributed by atoms with E-state index in [-0.39, 0.29) is 11.9 Å². The second-order valence-electron chi connectivity index (χ2n) is 6.20. The van der Waals surface area contributed by atoms with Crippen LogP contribution >= 0.6 is 0 Å². The van der Waals surface area contributed by atoms with Crippen molar-refractivity contribution in [2.75, 3.05) is 13.6 Å². The minimum atomic E-state index is -0.145. The van der Waals surface area contributed by atoms with Gasteiger partial charge in [-0.3, -0.25) is 9.69 Å². The molecular formula is C18H24N4O2. The minimum Gasteiger partial charge on any atom is -0.423 e. The van der Waals surface area contributed by atoms with Crippen molar-refractivity contribution < 1.29 is 9.21 Å². The number of rotatable bonds is 5. The molecule has 0 aliphatic carbocycles. The van der Waals surface area contributed by atoms with E-state index in [1.807, 2.05) is 33.0 Å². The third kappa shape index (κ3) is 3.33. The van der Waals surface area contributed by atoms with Crippen LogP contribution in [0.25, 0.3) is 0 Å². The highest BCUT2D eigenvalue weighted by atomic mass is 16.4. The zero-order valence-corrected chi connectivity index (χ0v) is 14.5. The summed E-state index contributed by atoms with van der Waals surface area (Å²) in [6, 6.07) is 8.19. The Morgan fingerprint density at radius 1 is 1.25 bits per heavy atom. The molecule has 1 aromatic carbocycles. The fraction of sp³-hybridized carbons (Fsp3) is 0.500. The molecule has 1 unspecified atom stereocenters. The van der Waals surface area contributed by atoms with E-state index in [0.29, 0.717) is 31.3 Å². The second kappa shape index (κ2) is 7.13. The molecule has 0 spiro atoms. The van der Waals surface area contributed by atoms with Crippen LogP contribution in [0.3, 0.4) is 0 Å². The summed E-state index contributed by atoms with van der Waals surface area (Å²) in [7, 11) is 2.01. The number of nitrogens with zero attached hydrogens (tertiary/aromatic N) is 4. The van der Waals surface area contributed by atoms with Crippen molar-refractivity contribution in [1.82, 2.24) is 20.0 Å². The Morgan fingerprint density at radius 3 is 2.62 bits per heavy atom. The van der Waals surface area contributed by atoms with E-state index in [1.165, 1.54) is 11.1 Å². The molecule has 1 aliphatic rings. The maximum absolute atomic E-state index is 13.0. The SMILES string of the molecule is CCc1nnc(CN(CC)C(=O)C2Cc3ccccc3CN2C)o1. The van der Waals surface area contributed by atoms with Crippen molar-refractivity contribution in [2.24, 2.45) is 0 Å². The van der Waals surface area contributed by atoms with Crippen LogP contribution in [0.15, 0.2) is 28.7 Å². The normalized spacial score (nSPS) is 17.5. The van der Waals surface area contributed by atoms with E-state index in [1.54, 1.807) is 4.90 Å². The monoisotopic (exact) mass is 328 g/mol. The predicted molar refractivity (Wildman–Crippen MR) is 90.2 cm³/mol. The standard InChI is InChI=1S/C18H24N4O2/c1-4-16-19-20-17(24-16)12-22(5-2)18(23)15-10-13-8-6-7-9-14(13)11-21(15)3/h6-9,15H,4-5,10-12H2,1-3H3. The highest BCUT2D eigenvalue weighted by molar-refractivity contribution is 5.82. The molecule has 1 atom stereocenters. The van der Waals surface area contributed by atoms with Gasteiger partial charge in [-0.05, 0) is 31.5 Å². The molecule has 0 bridgehead atoms. The Balaban J connectivity index is 1.74. The highest BCUT2D eigenvalue weighted by Gasteiger charge is 2.32. The summed E-state index contributed by atoms with van der Waals surface area (Å²) in [5, 5.41) is 8.01. The average Bonchev–Trinajstić information content (AvgIpc) is 3.06. The van der Waals surface area contributed by atoms with Crippen LogP contribution in [0.4, 0.5) is 0 Å². The fourth-order valence-corrected chi connectivity index (χ4v) is 3.14.